The van der Waals surface area contributed by atoms with Gasteiger partial charge < -0.3 is 26.2 Å². The topological polar surface area (TPSA) is 122 Å². The first kappa shape index (κ1) is 15.0. The van der Waals surface area contributed by atoms with E-state index in [2.05, 4.69) is 21.1 Å². The number of anilines is 1. The van der Waals surface area contributed by atoms with E-state index in [9.17, 15) is 9.59 Å². The Morgan fingerprint density at radius 1 is 1.30 bits per heavy atom. The predicted molar refractivity (Wildman–Crippen MR) is 82.9 cm³/mol. The smallest absolute Gasteiger partial charge is 0.312 e. The molecule has 8 heteroatoms. The Morgan fingerprint density at radius 2 is 2.04 bits per heavy atom. The molecule has 1 saturated heterocycles. The van der Waals surface area contributed by atoms with E-state index >= 15 is 0 Å². The number of benzene rings is 1. The molecule has 2 aromatic rings. The Hall–Kier alpha value is -2.87. The lowest BCUT2D eigenvalue weighted by atomic mass is 9.99. The molecule has 23 heavy (non-hydrogen) atoms. The third-order valence-corrected chi connectivity index (χ3v) is 3.63. The first-order chi connectivity index (χ1) is 11.1. The highest BCUT2D eigenvalue weighted by Gasteiger charge is 2.24. The second-order valence-electron chi connectivity index (χ2n) is 5.34. The quantitative estimate of drug-likeness (QED) is 0.649. The molecule has 0 spiro atoms. The van der Waals surface area contributed by atoms with Gasteiger partial charge in [0.05, 0.1) is 5.69 Å². The number of hydrogen-bond acceptors (Lipinski definition) is 5. The molecule has 0 atom stereocenters. The van der Waals surface area contributed by atoms with Crippen LogP contribution in [-0.2, 0) is 6.54 Å². The molecule has 120 valence electrons. The molecule has 1 fully saturated rings. The SMILES string of the molecule is NC(=O)NCc1ccc(NC(=O)c2cc(C3CNC3)no2)cc1. The number of nitrogens with zero attached hydrogens (tertiary/aromatic N) is 1. The van der Waals surface area contributed by atoms with Crippen molar-refractivity contribution in [1.29, 1.82) is 0 Å². The van der Waals surface area contributed by atoms with E-state index in [1.54, 1.807) is 30.3 Å². The third kappa shape index (κ3) is 3.67. The van der Waals surface area contributed by atoms with Crippen molar-refractivity contribution in [3.05, 3.63) is 47.3 Å². The van der Waals surface area contributed by atoms with E-state index in [4.69, 9.17) is 10.3 Å². The summed E-state index contributed by atoms with van der Waals surface area (Å²) in [5.74, 6) is 0.155. The molecule has 5 N–H and O–H groups in total. The maximum absolute atomic E-state index is 12.1. The molecular formula is C15H17N5O3. The summed E-state index contributed by atoms with van der Waals surface area (Å²) in [4.78, 5) is 22.8. The van der Waals surface area contributed by atoms with Crippen LogP contribution in [0.2, 0.25) is 0 Å². The normalized spacial score (nSPS) is 14.1. The molecule has 0 aliphatic carbocycles. The number of urea groups is 1. The van der Waals surface area contributed by atoms with Gasteiger partial charge in [-0.15, -0.1) is 0 Å². The van der Waals surface area contributed by atoms with Crippen LogP contribution >= 0.6 is 0 Å². The van der Waals surface area contributed by atoms with Gasteiger partial charge in [0.25, 0.3) is 5.91 Å². The fourth-order valence-electron chi connectivity index (χ4n) is 2.17. The zero-order valence-electron chi connectivity index (χ0n) is 12.3. The maximum atomic E-state index is 12.1. The predicted octanol–water partition coefficient (Wildman–Crippen LogP) is 0.782. The van der Waals surface area contributed by atoms with E-state index in [-0.39, 0.29) is 11.7 Å². The average molecular weight is 315 g/mol. The summed E-state index contributed by atoms with van der Waals surface area (Å²) >= 11 is 0. The minimum atomic E-state index is -0.579. The Kier molecular flexibility index (Phi) is 4.24. The number of hydrogen-bond donors (Lipinski definition) is 4. The van der Waals surface area contributed by atoms with Crippen LogP contribution in [-0.4, -0.2) is 30.2 Å². The van der Waals surface area contributed by atoms with Crippen LogP contribution in [0.5, 0.6) is 0 Å². The van der Waals surface area contributed by atoms with Gasteiger partial charge in [0, 0.05) is 37.3 Å². The number of nitrogens with one attached hydrogen (secondary N) is 3. The molecule has 8 nitrogen and oxygen atoms in total. The second-order valence-corrected chi connectivity index (χ2v) is 5.34. The third-order valence-electron chi connectivity index (χ3n) is 3.63. The van der Waals surface area contributed by atoms with Crippen molar-refractivity contribution in [2.45, 2.75) is 12.5 Å². The molecule has 2 heterocycles. The molecule has 0 bridgehead atoms. The zero-order chi connectivity index (χ0) is 16.2. The van der Waals surface area contributed by atoms with Gasteiger partial charge >= 0.3 is 6.03 Å². The summed E-state index contributed by atoms with van der Waals surface area (Å²) in [6.07, 6.45) is 0. The minimum absolute atomic E-state index is 0.186. The summed E-state index contributed by atoms with van der Waals surface area (Å²) < 4.78 is 5.09. The first-order valence-electron chi connectivity index (χ1n) is 7.23. The lowest BCUT2D eigenvalue weighted by Crippen LogP contribution is -2.40. The van der Waals surface area contributed by atoms with E-state index < -0.39 is 6.03 Å². The number of carbonyl (C=O) groups excluding carboxylic acids is 2. The van der Waals surface area contributed by atoms with Crippen molar-refractivity contribution in [2.75, 3.05) is 18.4 Å². The van der Waals surface area contributed by atoms with Gasteiger partial charge in [0.2, 0.25) is 5.76 Å². The van der Waals surface area contributed by atoms with Gasteiger partial charge in [0.15, 0.2) is 0 Å². The van der Waals surface area contributed by atoms with E-state index in [0.29, 0.717) is 18.2 Å². The van der Waals surface area contributed by atoms with E-state index in [0.717, 1.165) is 24.3 Å². The van der Waals surface area contributed by atoms with Crippen molar-refractivity contribution in [1.82, 2.24) is 15.8 Å². The van der Waals surface area contributed by atoms with E-state index in [1.807, 2.05) is 0 Å². The van der Waals surface area contributed by atoms with Gasteiger partial charge in [-0.2, -0.15) is 0 Å². The highest BCUT2D eigenvalue weighted by molar-refractivity contribution is 6.02. The van der Waals surface area contributed by atoms with Gasteiger partial charge in [-0.25, -0.2) is 4.79 Å². The van der Waals surface area contributed by atoms with Crippen molar-refractivity contribution in [3.63, 3.8) is 0 Å². The van der Waals surface area contributed by atoms with Crippen LogP contribution in [0.15, 0.2) is 34.9 Å². The molecule has 3 rings (SSSR count). The van der Waals surface area contributed by atoms with Crippen molar-refractivity contribution < 1.29 is 14.1 Å². The Balaban J connectivity index is 1.58. The number of aromatic nitrogens is 1. The lowest BCUT2D eigenvalue weighted by Gasteiger charge is -2.24. The summed E-state index contributed by atoms with van der Waals surface area (Å²) in [5.41, 5.74) is 7.31. The number of carbonyl (C=O) groups is 2. The van der Waals surface area contributed by atoms with Gasteiger partial charge in [-0.3, -0.25) is 4.79 Å². The van der Waals surface area contributed by atoms with Crippen molar-refractivity contribution in [2.24, 2.45) is 5.73 Å². The summed E-state index contributed by atoms with van der Waals surface area (Å²) in [6.45, 7) is 2.05. The number of nitrogens with two attached hydrogens (primary N) is 1. The summed E-state index contributed by atoms with van der Waals surface area (Å²) in [6, 6.07) is 8.15. The van der Waals surface area contributed by atoms with Crippen LogP contribution in [0.25, 0.3) is 0 Å². The standard InChI is InChI=1S/C15H17N5O3/c16-15(22)18-6-9-1-3-11(4-2-9)19-14(21)13-5-12(20-23-13)10-7-17-8-10/h1-5,10,17H,6-8H2,(H,19,21)(H3,16,18,22). The molecule has 0 unspecified atom stereocenters. The largest absolute Gasteiger partial charge is 0.352 e. The molecule has 1 aromatic carbocycles. The number of rotatable bonds is 5. The van der Waals surface area contributed by atoms with Crippen molar-refractivity contribution >= 4 is 17.6 Å². The molecule has 3 amide bonds. The molecule has 1 aromatic heterocycles. The monoisotopic (exact) mass is 315 g/mol. The number of amides is 3. The fourth-order valence-corrected chi connectivity index (χ4v) is 2.17. The average Bonchev–Trinajstić information content (AvgIpc) is 2.94. The van der Waals surface area contributed by atoms with Crippen LogP contribution in [0.4, 0.5) is 10.5 Å². The van der Waals surface area contributed by atoms with Crippen molar-refractivity contribution in [3.8, 4) is 0 Å². The van der Waals surface area contributed by atoms with Crippen LogP contribution in [0.1, 0.15) is 27.7 Å². The van der Waals surface area contributed by atoms with Crippen LogP contribution < -0.4 is 21.7 Å². The first-order valence-corrected chi connectivity index (χ1v) is 7.23. The van der Waals surface area contributed by atoms with Crippen LogP contribution in [0, 0.1) is 0 Å². The molecule has 0 saturated carbocycles. The summed E-state index contributed by atoms with van der Waals surface area (Å²) in [7, 11) is 0. The van der Waals surface area contributed by atoms with E-state index in [1.165, 1.54) is 0 Å². The molecular weight excluding hydrogens is 298 g/mol. The fraction of sp³-hybridized carbons (Fsp3) is 0.267. The Labute approximate surface area is 132 Å². The maximum Gasteiger partial charge on any atom is 0.312 e. The summed E-state index contributed by atoms with van der Waals surface area (Å²) in [5, 5.41) is 12.3. The Morgan fingerprint density at radius 3 is 2.65 bits per heavy atom. The number of primary amides is 1. The molecule has 0 radical (unpaired) electrons. The van der Waals surface area contributed by atoms with Gasteiger partial charge in [0.1, 0.15) is 0 Å². The molecule has 1 aliphatic heterocycles. The zero-order valence-corrected chi connectivity index (χ0v) is 12.3. The lowest BCUT2D eigenvalue weighted by molar-refractivity contribution is 0.0987. The van der Waals surface area contributed by atoms with Gasteiger partial charge in [-0.05, 0) is 17.7 Å². The van der Waals surface area contributed by atoms with Crippen LogP contribution in [0.3, 0.4) is 0 Å². The molecule has 1 aliphatic rings. The highest BCUT2D eigenvalue weighted by Crippen LogP contribution is 2.20. The van der Waals surface area contributed by atoms with Gasteiger partial charge in [-0.1, -0.05) is 17.3 Å². The second kappa shape index (κ2) is 6.49. The minimum Gasteiger partial charge on any atom is -0.352 e. The Bertz CT molecular complexity index is 706. The highest BCUT2D eigenvalue weighted by atomic mass is 16.5.